The number of rotatable bonds is 4. The van der Waals surface area contributed by atoms with E-state index in [1.54, 1.807) is 10.9 Å². The van der Waals surface area contributed by atoms with E-state index in [4.69, 9.17) is 15.2 Å². The molecule has 0 radical (unpaired) electrons. The predicted molar refractivity (Wildman–Crippen MR) is 140 cm³/mol. The number of nitrogen functional groups attached to an aromatic ring is 1. The minimum absolute atomic E-state index is 0.0302. The largest absolute Gasteiger partial charge is 0.476 e. The van der Waals surface area contributed by atoms with Gasteiger partial charge >= 0.3 is 0 Å². The molecule has 0 aliphatic carbocycles. The number of aryl methyl sites for hydroxylation is 2. The molecule has 0 fully saturated rings. The first kappa shape index (κ1) is 24.8. The molecule has 5 rings (SSSR count). The van der Waals surface area contributed by atoms with E-state index in [1.807, 2.05) is 62.3 Å². The molecular weight excluding hydrogens is 474 g/mol. The molecule has 2 bridgehead atoms. The molecule has 0 amide bonds. The summed E-state index contributed by atoms with van der Waals surface area (Å²) in [5, 5.41) is 18.9. The highest BCUT2D eigenvalue weighted by atomic mass is 16.5. The monoisotopic (exact) mass is 507 g/mol. The Morgan fingerprint density at radius 3 is 2.81 bits per heavy atom. The second-order valence-corrected chi connectivity index (χ2v) is 9.28. The van der Waals surface area contributed by atoms with Gasteiger partial charge in [-0.25, -0.2) is 14.6 Å². The molecule has 5 heterocycles. The fraction of sp³-hybridized carbons (Fsp3) is 0.440. The standard InChI is InChI=1S/C25H33N9O3/c1-6-36-24-18-8-7-17-11-27-23-22(26)28-19(13-33(17)23)21-16(3)29-32(5)25(21)37-15(2)12-31(4)14-20(18)34(30-24)9-10-35/h7-8,11,13,15,35H,6,9-10,12,14H2,1-5H3,(H2,26,28)/b8-7+. The molecule has 1 aliphatic heterocycles. The van der Waals surface area contributed by atoms with Crippen LogP contribution in [-0.4, -0.2) is 76.8 Å². The van der Waals surface area contributed by atoms with Crippen molar-refractivity contribution in [2.45, 2.75) is 40.0 Å². The summed E-state index contributed by atoms with van der Waals surface area (Å²) in [6.45, 7) is 7.91. The molecule has 37 heavy (non-hydrogen) atoms. The normalized spacial score (nSPS) is 17.2. The van der Waals surface area contributed by atoms with Crippen LogP contribution in [0.25, 0.3) is 29.1 Å². The van der Waals surface area contributed by atoms with Gasteiger partial charge in [0.25, 0.3) is 0 Å². The van der Waals surface area contributed by atoms with Gasteiger partial charge in [-0.15, -0.1) is 5.10 Å². The van der Waals surface area contributed by atoms with E-state index in [1.165, 1.54) is 0 Å². The summed E-state index contributed by atoms with van der Waals surface area (Å²) < 4.78 is 17.8. The third kappa shape index (κ3) is 4.53. The maximum Gasteiger partial charge on any atom is 0.240 e. The first-order valence-corrected chi connectivity index (χ1v) is 12.3. The molecule has 0 saturated carbocycles. The molecule has 3 N–H and O–H groups in total. The Hall–Kier alpha value is -3.90. The molecule has 4 aromatic heterocycles. The van der Waals surface area contributed by atoms with Crippen LogP contribution in [-0.2, 0) is 20.1 Å². The average Bonchev–Trinajstić information content (AvgIpc) is 3.47. The molecule has 4 aromatic rings. The third-order valence-electron chi connectivity index (χ3n) is 6.35. The highest BCUT2D eigenvalue weighted by molar-refractivity contribution is 5.77. The van der Waals surface area contributed by atoms with Gasteiger partial charge < -0.3 is 20.3 Å². The number of hydrogen-bond donors (Lipinski definition) is 2. The maximum absolute atomic E-state index is 9.68. The van der Waals surface area contributed by atoms with Crippen LogP contribution in [0, 0.1) is 6.92 Å². The number of aliphatic hydroxyl groups excluding tert-OH is 1. The first-order chi connectivity index (χ1) is 17.8. The minimum Gasteiger partial charge on any atom is -0.476 e. The smallest absolute Gasteiger partial charge is 0.240 e. The van der Waals surface area contributed by atoms with Crippen LogP contribution in [0.1, 0.15) is 36.5 Å². The van der Waals surface area contributed by atoms with Crippen molar-refractivity contribution in [1.29, 1.82) is 0 Å². The molecule has 196 valence electrons. The Morgan fingerprint density at radius 2 is 2.05 bits per heavy atom. The number of fused-ring (bicyclic) bond motifs is 4. The van der Waals surface area contributed by atoms with Gasteiger partial charge in [0.05, 0.1) is 59.9 Å². The van der Waals surface area contributed by atoms with Gasteiger partial charge in [0, 0.05) is 26.3 Å². The molecule has 1 atom stereocenters. The van der Waals surface area contributed by atoms with Crippen molar-refractivity contribution in [2.75, 3.05) is 32.5 Å². The Kier molecular flexibility index (Phi) is 6.61. The third-order valence-corrected chi connectivity index (χ3v) is 6.35. The number of aliphatic hydroxyl groups is 1. The lowest BCUT2D eigenvalue weighted by Crippen LogP contribution is -2.32. The summed E-state index contributed by atoms with van der Waals surface area (Å²) in [7, 11) is 3.89. The molecule has 0 aromatic carbocycles. The fourth-order valence-corrected chi connectivity index (χ4v) is 4.84. The summed E-state index contributed by atoms with van der Waals surface area (Å²) in [4.78, 5) is 11.3. The molecule has 0 spiro atoms. The lowest BCUT2D eigenvalue weighted by atomic mass is 10.2. The SMILES string of the molecule is CCOc1nn(CCO)c2c1/C=C/c1cnc3c(N)nc(cn13)-c1c(C)nn(C)c1OC(C)CN(C)C2. The quantitative estimate of drug-likeness (QED) is 0.425. The van der Waals surface area contributed by atoms with E-state index in [2.05, 4.69) is 25.1 Å². The summed E-state index contributed by atoms with van der Waals surface area (Å²) >= 11 is 0. The zero-order chi connectivity index (χ0) is 26.3. The highest BCUT2D eigenvalue weighted by Crippen LogP contribution is 2.34. The molecule has 12 heteroatoms. The highest BCUT2D eigenvalue weighted by Gasteiger charge is 2.24. The minimum atomic E-state index is -0.159. The van der Waals surface area contributed by atoms with Crippen LogP contribution in [0.4, 0.5) is 5.82 Å². The topological polar surface area (TPSA) is 134 Å². The van der Waals surface area contributed by atoms with Gasteiger partial charge in [0.1, 0.15) is 6.10 Å². The molecule has 1 aliphatic rings. The van der Waals surface area contributed by atoms with Crippen molar-refractivity contribution in [3.63, 3.8) is 0 Å². The number of likely N-dealkylation sites (N-methyl/N-ethyl adjacent to an activating group) is 1. The Morgan fingerprint density at radius 1 is 1.24 bits per heavy atom. The fourth-order valence-electron chi connectivity index (χ4n) is 4.84. The summed E-state index contributed by atoms with van der Waals surface area (Å²) in [6, 6.07) is 0. The van der Waals surface area contributed by atoms with E-state index in [0.717, 1.165) is 28.2 Å². The second-order valence-electron chi connectivity index (χ2n) is 9.28. The molecule has 1 unspecified atom stereocenters. The molecular formula is C25H33N9O3. The number of aromatic nitrogens is 7. The number of imidazole rings is 1. The summed E-state index contributed by atoms with van der Waals surface area (Å²) in [5.74, 6) is 1.46. The second kappa shape index (κ2) is 9.87. The van der Waals surface area contributed by atoms with E-state index in [-0.39, 0.29) is 12.7 Å². The van der Waals surface area contributed by atoms with Crippen LogP contribution in [0.3, 0.4) is 0 Å². The van der Waals surface area contributed by atoms with Gasteiger partial charge in [-0.2, -0.15) is 5.10 Å². The van der Waals surface area contributed by atoms with Gasteiger partial charge in [-0.1, -0.05) is 0 Å². The van der Waals surface area contributed by atoms with Crippen LogP contribution >= 0.6 is 0 Å². The average molecular weight is 508 g/mol. The van der Waals surface area contributed by atoms with Gasteiger partial charge in [-0.05, 0) is 40.0 Å². The lowest BCUT2D eigenvalue weighted by Gasteiger charge is -2.23. The number of nitrogens with two attached hydrogens (primary N) is 1. The van der Waals surface area contributed by atoms with E-state index < -0.39 is 0 Å². The number of hydrogen-bond acceptors (Lipinski definition) is 9. The first-order valence-electron chi connectivity index (χ1n) is 12.3. The van der Waals surface area contributed by atoms with Crippen molar-refractivity contribution in [3.05, 3.63) is 35.0 Å². The van der Waals surface area contributed by atoms with E-state index >= 15 is 0 Å². The Labute approximate surface area is 214 Å². The van der Waals surface area contributed by atoms with Crippen molar-refractivity contribution >= 4 is 23.6 Å². The van der Waals surface area contributed by atoms with Crippen LogP contribution in [0.2, 0.25) is 0 Å². The zero-order valence-electron chi connectivity index (χ0n) is 21.8. The lowest BCUT2D eigenvalue weighted by molar-refractivity contribution is 0.146. The predicted octanol–water partition coefficient (Wildman–Crippen LogP) is 1.99. The van der Waals surface area contributed by atoms with E-state index in [9.17, 15) is 5.11 Å². The van der Waals surface area contributed by atoms with Crippen molar-refractivity contribution < 1.29 is 14.6 Å². The Bertz CT molecular complexity index is 1470. The van der Waals surface area contributed by atoms with Crippen molar-refractivity contribution in [3.8, 4) is 23.0 Å². The van der Waals surface area contributed by atoms with Crippen molar-refractivity contribution in [2.24, 2.45) is 7.05 Å². The van der Waals surface area contributed by atoms with Gasteiger partial charge in [-0.3, -0.25) is 14.0 Å². The summed E-state index contributed by atoms with van der Waals surface area (Å²) in [5.41, 5.74) is 11.8. The van der Waals surface area contributed by atoms with E-state index in [0.29, 0.717) is 55.2 Å². The molecule has 0 saturated heterocycles. The van der Waals surface area contributed by atoms with Gasteiger partial charge in [0.15, 0.2) is 11.5 Å². The zero-order valence-corrected chi connectivity index (χ0v) is 21.8. The van der Waals surface area contributed by atoms with Crippen LogP contribution in [0.15, 0.2) is 12.4 Å². The number of anilines is 1. The number of nitrogens with zero attached hydrogens (tertiary/aromatic N) is 8. The number of ether oxygens (including phenoxy) is 2. The maximum atomic E-state index is 9.68. The Balaban J connectivity index is 1.73. The van der Waals surface area contributed by atoms with Crippen LogP contribution in [0.5, 0.6) is 11.8 Å². The summed E-state index contributed by atoms with van der Waals surface area (Å²) in [6.07, 6.45) is 7.45. The van der Waals surface area contributed by atoms with Crippen LogP contribution < -0.4 is 15.2 Å². The molecule has 12 nitrogen and oxygen atoms in total. The van der Waals surface area contributed by atoms with Gasteiger partial charge in [0.2, 0.25) is 11.8 Å². The van der Waals surface area contributed by atoms with Crippen molar-refractivity contribution in [1.82, 2.24) is 38.8 Å².